The molecule has 2 saturated carbocycles. The zero-order valence-electron chi connectivity index (χ0n) is 11.4. The molecule has 4 aliphatic rings. The maximum absolute atomic E-state index is 2.68. The maximum atomic E-state index is 2.68. The summed E-state index contributed by atoms with van der Waals surface area (Å²) in [5, 5.41) is 0. The predicted molar refractivity (Wildman–Crippen MR) is 72.7 cm³/mol. The van der Waals surface area contributed by atoms with Crippen LogP contribution in [0.4, 0.5) is 0 Å². The van der Waals surface area contributed by atoms with Gasteiger partial charge in [0.2, 0.25) is 0 Å². The molecule has 5 atom stereocenters. The van der Waals surface area contributed by atoms with Crippen LogP contribution < -0.4 is 0 Å². The minimum atomic E-state index is 0.470. The van der Waals surface area contributed by atoms with Crippen molar-refractivity contribution in [3.8, 4) is 0 Å². The molecule has 1 saturated heterocycles. The van der Waals surface area contributed by atoms with Gasteiger partial charge in [-0.25, -0.2) is 0 Å². The quantitative estimate of drug-likeness (QED) is 0.627. The molecule has 3 aliphatic carbocycles. The Kier molecular flexibility index (Phi) is 1.50. The molecule has 0 N–H and O–H groups in total. The van der Waals surface area contributed by atoms with Gasteiger partial charge in [-0.1, -0.05) is 36.6 Å². The van der Waals surface area contributed by atoms with E-state index in [1.165, 1.54) is 37.7 Å². The van der Waals surface area contributed by atoms with Gasteiger partial charge >= 0.3 is 0 Å². The number of piperidine rings is 1. The van der Waals surface area contributed by atoms with Crippen LogP contribution in [0.2, 0.25) is 0 Å². The third-order valence-corrected chi connectivity index (χ3v) is 6.71. The van der Waals surface area contributed by atoms with Gasteiger partial charge in [0.1, 0.15) is 0 Å². The molecule has 18 heavy (non-hydrogen) atoms. The highest BCUT2D eigenvalue weighted by molar-refractivity contribution is 5.58. The first-order valence-electron chi connectivity index (χ1n) is 7.55. The van der Waals surface area contributed by atoms with Gasteiger partial charge in [-0.3, -0.25) is 4.90 Å². The maximum Gasteiger partial charge on any atom is 0.0632 e. The van der Waals surface area contributed by atoms with Crippen LogP contribution in [0.1, 0.15) is 48.8 Å². The Balaban J connectivity index is 1.80. The van der Waals surface area contributed by atoms with E-state index in [2.05, 4.69) is 37.1 Å². The lowest BCUT2D eigenvalue weighted by molar-refractivity contribution is 0.173. The normalized spacial score (nSPS) is 50.7. The molecule has 0 aromatic heterocycles. The fourth-order valence-corrected chi connectivity index (χ4v) is 6.08. The second kappa shape index (κ2) is 2.70. The lowest BCUT2D eigenvalue weighted by atomic mass is 9.63. The largest absolute Gasteiger partial charge is 0.290 e. The monoisotopic (exact) mass is 239 g/mol. The second-order valence-corrected chi connectivity index (χ2v) is 7.21. The van der Waals surface area contributed by atoms with Gasteiger partial charge in [0, 0.05) is 11.5 Å². The Hall–Kier alpha value is -0.820. The third-order valence-electron chi connectivity index (χ3n) is 6.71. The van der Waals surface area contributed by atoms with Crippen molar-refractivity contribution in [2.75, 3.05) is 7.05 Å². The summed E-state index contributed by atoms with van der Waals surface area (Å²) < 4.78 is 0. The number of likely N-dealkylation sites (N-methyl/N-ethyl adjacent to an activating group) is 1. The number of aryl methyl sites for hydroxylation is 1. The van der Waals surface area contributed by atoms with Crippen LogP contribution in [-0.2, 0) is 11.0 Å². The van der Waals surface area contributed by atoms with Gasteiger partial charge in [-0.2, -0.15) is 0 Å². The van der Waals surface area contributed by atoms with E-state index in [-0.39, 0.29) is 0 Å². The molecule has 94 valence electrons. The van der Waals surface area contributed by atoms with Crippen molar-refractivity contribution in [3.05, 3.63) is 34.9 Å². The van der Waals surface area contributed by atoms with Gasteiger partial charge < -0.3 is 0 Å². The summed E-state index contributed by atoms with van der Waals surface area (Å²) in [7, 11) is 2.36. The Morgan fingerprint density at radius 3 is 3.00 bits per heavy atom. The predicted octanol–water partition coefficient (Wildman–Crippen LogP) is 3.35. The van der Waals surface area contributed by atoms with Gasteiger partial charge in [0.05, 0.1) is 5.54 Å². The minimum Gasteiger partial charge on any atom is -0.290 e. The molecule has 1 aliphatic heterocycles. The van der Waals surface area contributed by atoms with Crippen LogP contribution in [0.25, 0.3) is 0 Å². The van der Waals surface area contributed by atoms with Crippen molar-refractivity contribution in [2.24, 2.45) is 5.92 Å². The fourth-order valence-electron chi connectivity index (χ4n) is 6.08. The molecule has 1 heteroatoms. The van der Waals surface area contributed by atoms with E-state index in [0.29, 0.717) is 11.0 Å². The molecule has 0 radical (unpaired) electrons. The highest BCUT2D eigenvalue weighted by atomic mass is 15.4. The first kappa shape index (κ1) is 10.0. The molecule has 5 unspecified atom stereocenters. The van der Waals surface area contributed by atoms with Crippen LogP contribution in [0.15, 0.2) is 18.2 Å². The molecule has 1 nitrogen and oxygen atoms in total. The molecular formula is C17H21N. The molecule has 2 spiro atoms. The summed E-state index contributed by atoms with van der Waals surface area (Å²) in [6.07, 6.45) is 7.29. The minimum absolute atomic E-state index is 0.470. The number of benzene rings is 1. The second-order valence-electron chi connectivity index (χ2n) is 7.21. The zero-order chi connectivity index (χ0) is 12.1. The van der Waals surface area contributed by atoms with E-state index in [1.54, 1.807) is 11.1 Å². The molecule has 5 rings (SSSR count). The standard InChI is InChI=1S/C17H21N/c1-11-6-7-12-14(9-11)16-8-4-3-5-13(16)15-17(12,10-16)18(15)2/h6-7,9,13,15H,3-5,8,10H2,1-2H3. The fraction of sp³-hybridized carbons (Fsp3) is 0.647. The number of likely N-dealkylation sites (tertiary alicyclic amines) is 1. The highest BCUT2D eigenvalue weighted by Gasteiger charge is 2.79. The van der Waals surface area contributed by atoms with E-state index in [9.17, 15) is 0 Å². The zero-order valence-corrected chi connectivity index (χ0v) is 11.4. The molecule has 1 heterocycles. The van der Waals surface area contributed by atoms with Crippen molar-refractivity contribution < 1.29 is 0 Å². The summed E-state index contributed by atoms with van der Waals surface area (Å²) in [6.45, 7) is 2.26. The lowest BCUT2D eigenvalue weighted by Crippen LogP contribution is -2.38. The Bertz CT molecular complexity index is 563. The third kappa shape index (κ3) is 0.789. The van der Waals surface area contributed by atoms with E-state index in [1.807, 2.05) is 0 Å². The van der Waals surface area contributed by atoms with E-state index in [0.717, 1.165) is 12.0 Å². The first-order chi connectivity index (χ1) is 8.70. The Morgan fingerprint density at radius 2 is 2.11 bits per heavy atom. The Labute approximate surface area is 109 Å². The van der Waals surface area contributed by atoms with Gasteiger partial charge in [-0.05, 0) is 50.3 Å². The average molecular weight is 239 g/mol. The average Bonchev–Trinajstić information content (AvgIpc) is 2.74. The summed E-state index contributed by atoms with van der Waals surface area (Å²) in [6, 6.07) is 8.17. The summed E-state index contributed by atoms with van der Waals surface area (Å²) in [5.74, 6) is 0.963. The molecule has 0 amide bonds. The summed E-state index contributed by atoms with van der Waals surface area (Å²) in [4.78, 5) is 2.68. The van der Waals surface area contributed by atoms with Crippen molar-refractivity contribution in [1.82, 2.24) is 4.90 Å². The first-order valence-corrected chi connectivity index (χ1v) is 7.55. The highest BCUT2D eigenvalue weighted by Crippen LogP contribution is 2.77. The number of fused-ring (bicyclic) bond motifs is 2. The number of rotatable bonds is 0. The lowest BCUT2D eigenvalue weighted by Gasteiger charge is -2.41. The van der Waals surface area contributed by atoms with Crippen LogP contribution >= 0.6 is 0 Å². The molecule has 2 bridgehead atoms. The van der Waals surface area contributed by atoms with Crippen molar-refractivity contribution >= 4 is 0 Å². The van der Waals surface area contributed by atoms with Crippen LogP contribution in [0.5, 0.6) is 0 Å². The van der Waals surface area contributed by atoms with E-state index in [4.69, 9.17) is 0 Å². The molecule has 3 fully saturated rings. The molecule has 1 aromatic rings. The van der Waals surface area contributed by atoms with Crippen LogP contribution in [0.3, 0.4) is 0 Å². The topological polar surface area (TPSA) is 3.01 Å². The van der Waals surface area contributed by atoms with Crippen LogP contribution in [-0.4, -0.2) is 18.0 Å². The van der Waals surface area contributed by atoms with Gasteiger partial charge in [0.25, 0.3) is 0 Å². The number of nitrogens with zero attached hydrogens (tertiary/aromatic N) is 1. The summed E-state index contributed by atoms with van der Waals surface area (Å²) >= 11 is 0. The molecule has 1 aromatic carbocycles. The van der Waals surface area contributed by atoms with Gasteiger partial charge in [0.15, 0.2) is 0 Å². The van der Waals surface area contributed by atoms with Crippen molar-refractivity contribution in [3.63, 3.8) is 0 Å². The van der Waals surface area contributed by atoms with Crippen molar-refractivity contribution in [1.29, 1.82) is 0 Å². The smallest absolute Gasteiger partial charge is 0.0632 e. The van der Waals surface area contributed by atoms with Gasteiger partial charge in [-0.15, -0.1) is 0 Å². The number of hydrogen-bond acceptors (Lipinski definition) is 1. The molecular weight excluding hydrogens is 218 g/mol. The number of hydrogen-bond donors (Lipinski definition) is 0. The van der Waals surface area contributed by atoms with E-state index < -0.39 is 0 Å². The SMILES string of the molecule is Cc1ccc2c(c1)C13CCCCC1C1N(C)C21C3. The Morgan fingerprint density at radius 1 is 1.22 bits per heavy atom. The van der Waals surface area contributed by atoms with E-state index >= 15 is 0 Å². The van der Waals surface area contributed by atoms with Crippen LogP contribution in [0, 0.1) is 12.8 Å². The summed E-state index contributed by atoms with van der Waals surface area (Å²) in [5.41, 5.74) is 5.94. The van der Waals surface area contributed by atoms with Crippen molar-refractivity contribution in [2.45, 2.75) is 56.0 Å².